The molecule has 1 aromatic heterocycles. The van der Waals surface area contributed by atoms with Crippen molar-refractivity contribution in [3.63, 3.8) is 0 Å². The normalized spacial score (nSPS) is 15.8. The fourth-order valence-electron chi connectivity index (χ4n) is 3.75. The fraction of sp³-hybridized carbons (Fsp3) is 0.200. The third-order valence-corrected chi connectivity index (χ3v) is 4.95. The first kappa shape index (κ1) is 18.1. The molecule has 3 aromatic rings. The highest BCUT2D eigenvalue weighted by Gasteiger charge is 2.35. The molecule has 0 fully saturated rings. The second-order valence-corrected chi connectivity index (χ2v) is 6.76. The van der Waals surface area contributed by atoms with Gasteiger partial charge in [-0.25, -0.2) is 0 Å². The standard InChI is InChI=1S/C20H15F3N2O3/c1-10-9-11-5-4-6-12-16(11)25(10)19(28)15(17(12)26)18(27)24-14-8-3-2-7-13(14)20(21,22)23/h2-8,10,26H,9H2,1H3,(H,24,27)/t10-/m0/s1. The van der Waals surface area contributed by atoms with Crippen LogP contribution in [0.4, 0.5) is 18.9 Å². The number of aromatic nitrogens is 1. The number of aromatic hydroxyl groups is 1. The van der Waals surface area contributed by atoms with E-state index in [0.717, 1.165) is 17.7 Å². The van der Waals surface area contributed by atoms with Crippen molar-refractivity contribution in [3.8, 4) is 5.75 Å². The van der Waals surface area contributed by atoms with Gasteiger partial charge in [-0.1, -0.05) is 24.3 Å². The van der Waals surface area contributed by atoms with Crippen molar-refractivity contribution >= 4 is 22.5 Å². The van der Waals surface area contributed by atoms with E-state index in [1.165, 1.54) is 16.7 Å². The van der Waals surface area contributed by atoms with Gasteiger partial charge in [0.2, 0.25) is 0 Å². The van der Waals surface area contributed by atoms with Crippen LogP contribution in [0, 0.1) is 0 Å². The molecule has 0 spiro atoms. The van der Waals surface area contributed by atoms with Gasteiger partial charge in [-0.05, 0) is 37.1 Å². The zero-order valence-corrected chi connectivity index (χ0v) is 14.7. The first-order valence-corrected chi connectivity index (χ1v) is 8.56. The Morgan fingerprint density at radius 2 is 1.89 bits per heavy atom. The number of nitrogens with one attached hydrogen (secondary N) is 1. The van der Waals surface area contributed by atoms with Crippen molar-refractivity contribution in [2.24, 2.45) is 0 Å². The summed E-state index contributed by atoms with van der Waals surface area (Å²) >= 11 is 0. The molecule has 2 heterocycles. The van der Waals surface area contributed by atoms with Gasteiger partial charge in [0.1, 0.15) is 11.3 Å². The molecule has 0 saturated carbocycles. The van der Waals surface area contributed by atoms with Gasteiger partial charge in [-0.2, -0.15) is 13.2 Å². The number of rotatable bonds is 2. The number of halogens is 3. The molecule has 1 aliphatic rings. The Kier molecular flexibility index (Phi) is 3.95. The van der Waals surface area contributed by atoms with Crippen LogP contribution < -0.4 is 10.9 Å². The Hall–Kier alpha value is -3.29. The molecule has 0 saturated heterocycles. The summed E-state index contributed by atoms with van der Waals surface area (Å²) in [6.45, 7) is 1.80. The van der Waals surface area contributed by atoms with E-state index in [-0.39, 0.29) is 6.04 Å². The summed E-state index contributed by atoms with van der Waals surface area (Å²) in [5.41, 5.74) is -1.41. The molecule has 2 N–H and O–H groups in total. The molecular weight excluding hydrogens is 373 g/mol. The molecule has 144 valence electrons. The lowest BCUT2D eigenvalue weighted by atomic mass is 10.1. The molecule has 5 nitrogen and oxygen atoms in total. The minimum absolute atomic E-state index is 0.234. The van der Waals surface area contributed by atoms with Gasteiger partial charge in [-0.3, -0.25) is 9.59 Å². The number of hydrogen-bond donors (Lipinski definition) is 2. The number of nitrogens with zero attached hydrogens (tertiary/aromatic N) is 1. The van der Waals surface area contributed by atoms with Gasteiger partial charge in [0.25, 0.3) is 11.5 Å². The van der Waals surface area contributed by atoms with E-state index < -0.39 is 40.2 Å². The maximum Gasteiger partial charge on any atom is 0.418 e. The fourth-order valence-corrected chi connectivity index (χ4v) is 3.75. The van der Waals surface area contributed by atoms with E-state index in [4.69, 9.17) is 0 Å². The number of benzene rings is 2. The molecule has 1 atom stereocenters. The number of alkyl halides is 3. The van der Waals surface area contributed by atoms with E-state index >= 15 is 0 Å². The Balaban J connectivity index is 1.87. The summed E-state index contributed by atoms with van der Waals surface area (Å²) in [5, 5.41) is 13.0. The predicted molar refractivity (Wildman–Crippen MR) is 97.7 cm³/mol. The van der Waals surface area contributed by atoms with E-state index in [9.17, 15) is 27.9 Å². The minimum Gasteiger partial charge on any atom is -0.506 e. The number of amides is 1. The molecule has 0 radical (unpaired) electrons. The summed E-state index contributed by atoms with van der Waals surface area (Å²) in [7, 11) is 0. The van der Waals surface area contributed by atoms with Crippen molar-refractivity contribution in [1.82, 2.24) is 4.57 Å². The summed E-state index contributed by atoms with van der Waals surface area (Å²) in [6, 6.07) is 9.33. The van der Waals surface area contributed by atoms with Crippen LogP contribution in [0.2, 0.25) is 0 Å². The van der Waals surface area contributed by atoms with E-state index in [2.05, 4.69) is 5.32 Å². The van der Waals surface area contributed by atoms with Crippen molar-refractivity contribution in [2.45, 2.75) is 25.6 Å². The molecule has 2 aromatic carbocycles. The maximum atomic E-state index is 13.2. The van der Waals surface area contributed by atoms with Crippen LogP contribution in [0.1, 0.15) is 34.5 Å². The largest absolute Gasteiger partial charge is 0.506 e. The minimum atomic E-state index is -4.68. The van der Waals surface area contributed by atoms with Gasteiger partial charge < -0.3 is 15.0 Å². The lowest BCUT2D eigenvalue weighted by molar-refractivity contribution is -0.136. The maximum absolute atomic E-state index is 13.2. The van der Waals surface area contributed by atoms with Crippen LogP contribution in [0.25, 0.3) is 10.9 Å². The molecule has 0 aliphatic carbocycles. The summed E-state index contributed by atoms with van der Waals surface area (Å²) in [5.74, 6) is -1.62. The molecule has 8 heteroatoms. The number of anilines is 1. The van der Waals surface area contributed by atoms with Gasteiger partial charge in [-0.15, -0.1) is 0 Å². The molecule has 4 rings (SSSR count). The topological polar surface area (TPSA) is 71.3 Å². The Bertz CT molecular complexity index is 1180. The highest BCUT2D eigenvalue weighted by molar-refractivity contribution is 6.09. The lowest BCUT2D eigenvalue weighted by Crippen LogP contribution is -2.30. The van der Waals surface area contributed by atoms with Crippen molar-refractivity contribution in [3.05, 3.63) is 69.5 Å². The molecule has 28 heavy (non-hydrogen) atoms. The zero-order chi connectivity index (χ0) is 20.2. The van der Waals surface area contributed by atoms with Crippen LogP contribution in [-0.2, 0) is 12.6 Å². The van der Waals surface area contributed by atoms with Gasteiger partial charge in [0.15, 0.2) is 0 Å². The average Bonchev–Trinajstić information content (AvgIpc) is 2.96. The smallest absolute Gasteiger partial charge is 0.418 e. The molecule has 1 aliphatic heterocycles. The highest BCUT2D eigenvalue weighted by atomic mass is 19.4. The zero-order valence-electron chi connectivity index (χ0n) is 14.7. The van der Waals surface area contributed by atoms with Crippen molar-refractivity contribution in [2.75, 3.05) is 5.32 Å². The second-order valence-electron chi connectivity index (χ2n) is 6.76. The van der Waals surface area contributed by atoms with Gasteiger partial charge >= 0.3 is 6.18 Å². The van der Waals surface area contributed by atoms with Crippen LogP contribution in [0.3, 0.4) is 0 Å². The SMILES string of the molecule is C[C@H]1Cc2cccc3c(O)c(C(=O)Nc4ccccc4C(F)(F)F)c(=O)n1c23. The third kappa shape index (κ3) is 2.64. The number of carbonyl (C=O) groups excluding carboxylic acids is 1. The predicted octanol–water partition coefficient (Wildman–Crippen LogP) is 4.10. The quantitative estimate of drug-likeness (QED) is 0.695. The van der Waals surface area contributed by atoms with Crippen molar-refractivity contribution in [1.29, 1.82) is 0 Å². The van der Waals surface area contributed by atoms with Crippen molar-refractivity contribution < 1.29 is 23.1 Å². The first-order valence-electron chi connectivity index (χ1n) is 8.56. The number of para-hydroxylation sites is 2. The Morgan fingerprint density at radius 1 is 1.18 bits per heavy atom. The van der Waals surface area contributed by atoms with Crippen LogP contribution in [0.5, 0.6) is 5.75 Å². The van der Waals surface area contributed by atoms with E-state index in [1.807, 2.05) is 6.07 Å². The van der Waals surface area contributed by atoms with Crippen LogP contribution in [-0.4, -0.2) is 15.6 Å². The molecular formula is C20H15F3N2O3. The number of carbonyl (C=O) groups is 1. The van der Waals surface area contributed by atoms with Gasteiger partial charge in [0, 0.05) is 11.4 Å². The van der Waals surface area contributed by atoms with Gasteiger partial charge in [0.05, 0.1) is 16.8 Å². The highest BCUT2D eigenvalue weighted by Crippen LogP contribution is 2.37. The monoisotopic (exact) mass is 388 g/mol. The first-order chi connectivity index (χ1) is 13.2. The van der Waals surface area contributed by atoms with E-state index in [0.29, 0.717) is 17.3 Å². The number of hydrogen-bond acceptors (Lipinski definition) is 3. The van der Waals surface area contributed by atoms with E-state index in [1.54, 1.807) is 19.1 Å². The summed E-state index contributed by atoms with van der Waals surface area (Å²) in [6.07, 6.45) is -4.12. The summed E-state index contributed by atoms with van der Waals surface area (Å²) < 4.78 is 40.9. The second kappa shape index (κ2) is 6.12. The Morgan fingerprint density at radius 3 is 2.61 bits per heavy atom. The van der Waals surface area contributed by atoms with Crippen LogP contribution >= 0.6 is 0 Å². The Labute approximate surface area is 157 Å². The summed E-state index contributed by atoms with van der Waals surface area (Å²) in [4.78, 5) is 25.6. The average molecular weight is 388 g/mol. The number of pyridine rings is 1. The lowest BCUT2D eigenvalue weighted by Gasteiger charge is -2.16. The molecule has 0 unspecified atom stereocenters. The molecule has 1 amide bonds. The molecule has 0 bridgehead atoms. The van der Waals surface area contributed by atoms with Crippen LogP contribution in [0.15, 0.2) is 47.3 Å². The third-order valence-electron chi connectivity index (χ3n) is 4.95.